The molecule has 1 aromatic heterocycles. The van der Waals surface area contributed by atoms with Crippen molar-refractivity contribution >= 4 is 5.69 Å². The lowest BCUT2D eigenvalue weighted by molar-refractivity contribution is 0.303. The lowest BCUT2D eigenvalue weighted by Gasteiger charge is -2.25. The summed E-state index contributed by atoms with van der Waals surface area (Å²) >= 11 is 0. The van der Waals surface area contributed by atoms with E-state index in [0.717, 1.165) is 24.3 Å². The molecule has 1 heterocycles. The molecule has 0 aromatic carbocycles. The second kappa shape index (κ2) is 7.84. The molecule has 0 aliphatic rings. The predicted octanol–water partition coefficient (Wildman–Crippen LogP) is 1.56. The van der Waals surface area contributed by atoms with E-state index in [1.54, 1.807) is 6.20 Å². The maximum atomic E-state index is 9.13. The molecule has 0 aliphatic carbocycles. The Balaban J connectivity index is 2.86. The Hall–Kier alpha value is -1.39. The fourth-order valence-electron chi connectivity index (χ4n) is 1.77. The smallest absolute Gasteiger partial charge is 0.0606 e. The van der Waals surface area contributed by atoms with E-state index in [1.165, 1.54) is 0 Å². The SMILES string of the molecule is C=CCN(CCO)c1ccncc1CNC(C)C. The minimum Gasteiger partial charge on any atom is -0.395 e. The Kier molecular flexibility index (Phi) is 6.39. The minimum atomic E-state index is 0.132. The first-order valence-electron chi connectivity index (χ1n) is 6.32. The number of hydrogen-bond acceptors (Lipinski definition) is 4. The molecule has 4 heteroatoms. The first-order valence-corrected chi connectivity index (χ1v) is 6.32. The number of nitrogens with one attached hydrogen (secondary N) is 1. The van der Waals surface area contributed by atoms with Gasteiger partial charge < -0.3 is 15.3 Å². The van der Waals surface area contributed by atoms with Gasteiger partial charge in [0.1, 0.15) is 0 Å². The highest BCUT2D eigenvalue weighted by atomic mass is 16.3. The van der Waals surface area contributed by atoms with Crippen LogP contribution in [0.3, 0.4) is 0 Å². The Morgan fingerprint density at radius 2 is 2.33 bits per heavy atom. The van der Waals surface area contributed by atoms with Gasteiger partial charge in [-0.2, -0.15) is 0 Å². The molecule has 0 spiro atoms. The lowest BCUT2D eigenvalue weighted by Crippen LogP contribution is -2.29. The van der Waals surface area contributed by atoms with E-state index >= 15 is 0 Å². The Morgan fingerprint density at radius 1 is 1.56 bits per heavy atom. The summed E-state index contributed by atoms with van der Waals surface area (Å²) in [6, 6.07) is 2.42. The summed E-state index contributed by atoms with van der Waals surface area (Å²) in [5.41, 5.74) is 2.24. The van der Waals surface area contributed by atoms with E-state index in [9.17, 15) is 0 Å². The van der Waals surface area contributed by atoms with Gasteiger partial charge in [-0.1, -0.05) is 19.9 Å². The fraction of sp³-hybridized carbons (Fsp3) is 0.500. The maximum Gasteiger partial charge on any atom is 0.0606 e. The van der Waals surface area contributed by atoms with E-state index in [2.05, 4.69) is 35.6 Å². The molecule has 2 N–H and O–H groups in total. The standard InChI is InChI=1S/C14H23N3O/c1-4-7-17(8-9-18)14-5-6-15-10-13(14)11-16-12(2)3/h4-6,10,12,16,18H,1,7-9,11H2,2-3H3. The molecule has 0 radical (unpaired) electrons. The van der Waals surface area contributed by atoms with Gasteiger partial charge in [-0.15, -0.1) is 6.58 Å². The second-order valence-corrected chi connectivity index (χ2v) is 4.50. The highest BCUT2D eigenvalue weighted by Gasteiger charge is 2.09. The minimum absolute atomic E-state index is 0.132. The molecule has 18 heavy (non-hydrogen) atoms. The summed E-state index contributed by atoms with van der Waals surface area (Å²) in [6.45, 7) is 10.2. The van der Waals surface area contributed by atoms with Crippen molar-refractivity contribution in [1.29, 1.82) is 0 Å². The van der Waals surface area contributed by atoms with Gasteiger partial charge in [0.15, 0.2) is 0 Å². The molecular formula is C14H23N3O. The average Bonchev–Trinajstić information content (AvgIpc) is 2.36. The summed E-state index contributed by atoms with van der Waals surface area (Å²) in [5, 5.41) is 12.5. The number of pyridine rings is 1. The van der Waals surface area contributed by atoms with Gasteiger partial charge in [0.2, 0.25) is 0 Å². The molecule has 4 nitrogen and oxygen atoms in total. The first kappa shape index (κ1) is 14.7. The van der Waals surface area contributed by atoms with Crippen LogP contribution in [0.25, 0.3) is 0 Å². The summed E-state index contributed by atoms with van der Waals surface area (Å²) < 4.78 is 0. The highest BCUT2D eigenvalue weighted by molar-refractivity contribution is 5.52. The van der Waals surface area contributed by atoms with Crippen LogP contribution in [0.15, 0.2) is 31.1 Å². The van der Waals surface area contributed by atoms with Crippen LogP contribution >= 0.6 is 0 Å². The highest BCUT2D eigenvalue weighted by Crippen LogP contribution is 2.19. The number of hydrogen-bond donors (Lipinski definition) is 2. The van der Waals surface area contributed by atoms with Crippen molar-refractivity contribution in [2.75, 3.05) is 24.6 Å². The summed E-state index contributed by atoms with van der Waals surface area (Å²) in [5.74, 6) is 0. The third kappa shape index (κ3) is 4.47. The monoisotopic (exact) mass is 249 g/mol. The quantitative estimate of drug-likeness (QED) is 0.687. The normalized spacial score (nSPS) is 10.7. The average molecular weight is 249 g/mol. The number of aliphatic hydroxyl groups is 1. The van der Waals surface area contributed by atoms with Crippen LogP contribution in [0.4, 0.5) is 5.69 Å². The van der Waals surface area contributed by atoms with Crippen molar-refractivity contribution in [3.8, 4) is 0 Å². The zero-order valence-electron chi connectivity index (χ0n) is 11.3. The Bertz CT molecular complexity index is 366. The van der Waals surface area contributed by atoms with Crippen molar-refractivity contribution in [2.45, 2.75) is 26.4 Å². The molecule has 0 saturated heterocycles. The van der Waals surface area contributed by atoms with Gasteiger partial charge in [0, 0.05) is 49.3 Å². The summed E-state index contributed by atoms with van der Waals surface area (Å²) in [6.07, 6.45) is 5.50. The summed E-state index contributed by atoms with van der Waals surface area (Å²) in [4.78, 5) is 6.27. The van der Waals surface area contributed by atoms with E-state index in [4.69, 9.17) is 5.11 Å². The van der Waals surface area contributed by atoms with Crippen LogP contribution in [0.2, 0.25) is 0 Å². The molecule has 100 valence electrons. The zero-order valence-corrected chi connectivity index (χ0v) is 11.3. The molecule has 0 saturated carbocycles. The number of aliphatic hydroxyl groups excluding tert-OH is 1. The van der Waals surface area contributed by atoms with Crippen molar-refractivity contribution in [3.05, 3.63) is 36.7 Å². The molecule has 0 aliphatic heterocycles. The summed E-state index contributed by atoms with van der Waals surface area (Å²) in [7, 11) is 0. The molecule has 1 rings (SSSR count). The molecule has 1 aromatic rings. The largest absolute Gasteiger partial charge is 0.395 e. The molecule has 0 amide bonds. The molecule has 0 bridgehead atoms. The Labute approximate surface area is 109 Å². The van der Waals surface area contributed by atoms with Crippen LogP contribution in [0.1, 0.15) is 19.4 Å². The molecule has 0 fully saturated rings. The molecular weight excluding hydrogens is 226 g/mol. The topological polar surface area (TPSA) is 48.4 Å². The number of nitrogens with zero attached hydrogens (tertiary/aromatic N) is 2. The van der Waals surface area contributed by atoms with Gasteiger partial charge in [-0.3, -0.25) is 4.98 Å². The van der Waals surface area contributed by atoms with Gasteiger partial charge >= 0.3 is 0 Å². The zero-order chi connectivity index (χ0) is 13.4. The van der Waals surface area contributed by atoms with Crippen LogP contribution in [-0.4, -0.2) is 35.8 Å². The fourth-order valence-corrected chi connectivity index (χ4v) is 1.77. The van der Waals surface area contributed by atoms with Crippen LogP contribution in [0, 0.1) is 0 Å². The number of aromatic nitrogens is 1. The van der Waals surface area contributed by atoms with E-state index in [-0.39, 0.29) is 6.61 Å². The van der Waals surface area contributed by atoms with E-state index < -0.39 is 0 Å². The van der Waals surface area contributed by atoms with Crippen LogP contribution < -0.4 is 10.2 Å². The van der Waals surface area contributed by atoms with Gasteiger partial charge in [-0.05, 0) is 6.07 Å². The second-order valence-electron chi connectivity index (χ2n) is 4.50. The Morgan fingerprint density at radius 3 is 2.94 bits per heavy atom. The maximum absolute atomic E-state index is 9.13. The van der Waals surface area contributed by atoms with Gasteiger partial charge in [0.25, 0.3) is 0 Å². The van der Waals surface area contributed by atoms with E-state index in [0.29, 0.717) is 12.6 Å². The molecule has 0 unspecified atom stereocenters. The van der Waals surface area contributed by atoms with Crippen molar-refractivity contribution in [1.82, 2.24) is 10.3 Å². The number of anilines is 1. The van der Waals surface area contributed by atoms with Crippen LogP contribution in [-0.2, 0) is 6.54 Å². The van der Waals surface area contributed by atoms with Crippen molar-refractivity contribution in [2.24, 2.45) is 0 Å². The number of rotatable bonds is 8. The van der Waals surface area contributed by atoms with Gasteiger partial charge in [-0.25, -0.2) is 0 Å². The van der Waals surface area contributed by atoms with Crippen molar-refractivity contribution < 1.29 is 5.11 Å². The third-order valence-electron chi connectivity index (χ3n) is 2.64. The lowest BCUT2D eigenvalue weighted by atomic mass is 10.2. The van der Waals surface area contributed by atoms with Gasteiger partial charge in [0.05, 0.1) is 6.61 Å². The van der Waals surface area contributed by atoms with Crippen LogP contribution in [0.5, 0.6) is 0 Å². The first-order chi connectivity index (χ1) is 8.69. The third-order valence-corrected chi connectivity index (χ3v) is 2.64. The predicted molar refractivity (Wildman–Crippen MR) is 75.7 cm³/mol. The van der Waals surface area contributed by atoms with Crippen molar-refractivity contribution in [3.63, 3.8) is 0 Å². The van der Waals surface area contributed by atoms with E-state index in [1.807, 2.05) is 18.3 Å². The molecule has 0 atom stereocenters.